The first-order valence-electron chi connectivity index (χ1n) is 10.00. The summed E-state index contributed by atoms with van der Waals surface area (Å²) >= 11 is 0. The number of rotatable bonds is 4. The van der Waals surface area contributed by atoms with Crippen molar-refractivity contribution < 1.29 is 29.0 Å². The van der Waals surface area contributed by atoms with Crippen LogP contribution >= 0.6 is 0 Å². The van der Waals surface area contributed by atoms with Crippen LogP contribution in [0.3, 0.4) is 0 Å². The van der Waals surface area contributed by atoms with Crippen LogP contribution in [0.5, 0.6) is 11.5 Å². The average molecular weight is 429 g/mol. The summed E-state index contributed by atoms with van der Waals surface area (Å²) in [6.07, 6.45) is -0.0330. The number of para-hydroxylation sites is 2. The van der Waals surface area contributed by atoms with Crippen molar-refractivity contribution in [3.05, 3.63) is 53.6 Å². The van der Waals surface area contributed by atoms with Gasteiger partial charge in [-0.25, -0.2) is 5.48 Å². The molecular weight excluding hydrogens is 402 g/mol. The van der Waals surface area contributed by atoms with Crippen LogP contribution in [0.25, 0.3) is 0 Å². The molecule has 3 rings (SSSR count). The Morgan fingerprint density at radius 3 is 2.87 bits per heavy atom. The first kappa shape index (κ1) is 22.5. The first-order chi connectivity index (χ1) is 15.0. The van der Waals surface area contributed by atoms with Crippen molar-refractivity contribution in [3.63, 3.8) is 0 Å². The third kappa shape index (κ3) is 6.17. The van der Waals surface area contributed by atoms with Gasteiger partial charge in [0.05, 0.1) is 12.8 Å². The molecule has 1 aliphatic rings. The molecule has 166 valence electrons. The lowest BCUT2D eigenvalue weighted by Crippen LogP contribution is -2.47. The molecule has 2 bridgehead atoms. The van der Waals surface area contributed by atoms with Gasteiger partial charge >= 0.3 is 0 Å². The fraction of sp³-hybridized carbons (Fsp3) is 0.364. The summed E-state index contributed by atoms with van der Waals surface area (Å²) in [5.74, 6) is 0.0285. The molecule has 0 saturated carbocycles. The van der Waals surface area contributed by atoms with E-state index < -0.39 is 24.0 Å². The number of aryl methyl sites for hydroxylation is 1. The average Bonchev–Trinajstić information content (AvgIpc) is 2.77. The quantitative estimate of drug-likeness (QED) is 0.430. The highest BCUT2D eigenvalue weighted by atomic mass is 16.5. The summed E-state index contributed by atoms with van der Waals surface area (Å²) in [5, 5.41) is 11.6. The lowest BCUT2D eigenvalue weighted by molar-refractivity contribution is -0.133. The van der Waals surface area contributed by atoms with Gasteiger partial charge in [0.2, 0.25) is 5.91 Å². The molecule has 0 aromatic heterocycles. The molecule has 9 heteroatoms. The minimum atomic E-state index is -1.09. The molecule has 0 spiro atoms. The standard InChI is InChI=1S/C22H27N3O6/c1-29-16-10-14-5-4-8-30-21(17(23)12-20(26)25-28)22(27)24-18-6-2-3-7-19(18)31-13-15(9-14)11-16/h2-3,6-7,9-11,17,21,28H,4-5,8,12-13,23H2,1H3,(H,24,27)(H,25,26)/t17-,21+/m0/s1. The molecule has 1 heterocycles. The number of nitrogens with one attached hydrogen (secondary N) is 2. The summed E-state index contributed by atoms with van der Waals surface area (Å²) in [6.45, 7) is 0.560. The maximum Gasteiger partial charge on any atom is 0.255 e. The highest BCUT2D eigenvalue weighted by molar-refractivity contribution is 5.96. The van der Waals surface area contributed by atoms with Gasteiger partial charge < -0.3 is 25.3 Å². The van der Waals surface area contributed by atoms with Crippen LogP contribution in [0.2, 0.25) is 0 Å². The highest BCUT2D eigenvalue weighted by Gasteiger charge is 2.29. The molecule has 5 N–H and O–H groups in total. The number of hydroxylamine groups is 1. The summed E-state index contributed by atoms with van der Waals surface area (Å²) in [7, 11) is 1.62. The number of hydrogen-bond donors (Lipinski definition) is 4. The Morgan fingerprint density at radius 2 is 2.10 bits per heavy atom. The Hall–Kier alpha value is -3.14. The molecule has 1 aliphatic heterocycles. The fourth-order valence-electron chi connectivity index (χ4n) is 3.38. The number of ether oxygens (including phenoxy) is 3. The van der Waals surface area contributed by atoms with E-state index in [1.807, 2.05) is 18.2 Å². The zero-order chi connectivity index (χ0) is 22.2. The third-order valence-corrected chi connectivity index (χ3v) is 4.90. The predicted molar refractivity (Wildman–Crippen MR) is 113 cm³/mol. The molecule has 31 heavy (non-hydrogen) atoms. The van der Waals surface area contributed by atoms with Gasteiger partial charge in [0.1, 0.15) is 18.1 Å². The SMILES string of the molecule is COc1cc2cc(c1)COc1ccccc1NC(=O)[C@@H]([C@@H](N)CC(=O)NO)OCCC2. The van der Waals surface area contributed by atoms with Crippen LogP contribution in [0, 0.1) is 0 Å². The van der Waals surface area contributed by atoms with Crippen molar-refractivity contribution in [1.82, 2.24) is 5.48 Å². The maximum atomic E-state index is 12.9. The van der Waals surface area contributed by atoms with Gasteiger partial charge in [0.15, 0.2) is 6.10 Å². The van der Waals surface area contributed by atoms with Crippen molar-refractivity contribution in [2.75, 3.05) is 19.0 Å². The minimum Gasteiger partial charge on any atom is -0.497 e. The highest BCUT2D eigenvalue weighted by Crippen LogP contribution is 2.27. The van der Waals surface area contributed by atoms with Crippen LogP contribution in [0.15, 0.2) is 42.5 Å². The van der Waals surface area contributed by atoms with E-state index in [0.29, 0.717) is 30.9 Å². The lowest BCUT2D eigenvalue weighted by atomic mass is 10.1. The second-order valence-corrected chi connectivity index (χ2v) is 7.26. The van der Waals surface area contributed by atoms with E-state index in [1.54, 1.807) is 31.4 Å². The molecule has 2 aromatic rings. The van der Waals surface area contributed by atoms with Gasteiger partial charge in [0, 0.05) is 19.1 Å². The number of carbonyl (C=O) groups is 2. The van der Waals surface area contributed by atoms with Crippen LogP contribution in [-0.2, 0) is 27.4 Å². The van der Waals surface area contributed by atoms with E-state index in [0.717, 1.165) is 16.9 Å². The molecular formula is C22H27N3O6. The summed E-state index contributed by atoms with van der Waals surface area (Å²) < 4.78 is 17.1. The number of benzene rings is 2. The largest absolute Gasteiger partial charge is 0.497 e. The summed E-state index contributed by atoms with van der Waals surface area (Å²) in [6, 6.07) is 12.0. The fourth-order valence-corrected chi connectivity index (χ4v) is 3.38. The molecule has 9 nitrogen and oxygen atoms in total. The minimum absolute atomic E-state index is 0.261. The van der Waals surface area contributed by atoms with Crippen LogP contribution < -0.4 is 26.0 Å². The zero-order valence-electron chi connectivity index (χ0n) is 17.3. The van der Waals surface area contributed by atoms with Crippen LogP contribution in [-0.4, -0.2) is 42.9 Å². The Bertz CT molecular complexity index is 920. The van der Waals surface area contributed by atoms with E-state index in [-0.39, 0.29) is 13.0 Å². The van der Waals surface area contributed by atoms with Crippen molar-refractivity contribution >= 4 is 17.5 Å². The maximum absolute atomic E-state index is 12.9. The number of methoxy groups -OCH3 is 1. The third-order valence-electron chi connectivity index (χ3n) is 4.90. The molecule has 2 aromatic carbocycles. The van der Waals surface area contributed by atoms with Crippen molar-refractivity contribution in [3.8, 4) is 11.5 Å². The van der Waals surface area contributed by atoms with Gasteiger partial charge in [-0.15, -0.1) is 0 Å². The van der Waals surface area contributed by atoms with E-state index in [2.05, 4.69) is 5.32 Å². The molecule has 2 amide bonds. The van der Waals surface area contributed by atoms with Gasteiger partial charge in [0.25, 0.3) is 5.91 Å². The van der Waals surface area contributed by atoms with Gasteiger partial charge in [-0.2, -0.15) is 0 Å². The Labute approximate surface area is 180 Å². The molecule has 0 saturated heterocycles. The Kier molecular flexibility index (Phi) is 7.82. The number of amides is 2. The number of anilines is 1. The van der Waals surface area contributed by atoms with Gasteiger partial charge in [-0.3, -0.25) is 14.8 Å². The van der Waals surface area contributed by atoms with Gasteiger partial charge in [-0.1, -0.05) is 18.2 Å². The lowest BCUT2D eigenvalue weighted by Gasteiger charge is -2.24. The van der Waals surface area contributed by atoms with E-state index in [4.69, 9.17) is 25.2 Å². The number of hydrogen-bond acceptors (Lipinski definition) is 7. The Morgan fingerprint density at radius 1 is 1.32 bits per heavy atom. The van der Waals surface area contributed by atoms with Crippen LogP contribution in [0.4, 0.5) is 5.69 Å². The number of nitrogens with two attached hydrogens (primary N) is 1. The van der Waals surface area contributed by atoms with Crippen molar-refractivity contribution in [2.24, 2.45) is 5.73 Å². The molecule has 0 radical (unpaired) electrons. The first-order valence-corrected chi connectivity index (χ1v) is 10.00. The monoisotopic (exact) mass is 429 g/mol. The number of carbonyl (C=O) groups excluding carboxylic acids is 2. The van der Waals surface area contributed by atoms with Crippen LogP contribution in [0.1, 0.15) is 24.0 Å². The van der Waals surface area contributed by atoms with E-state index in [1.165, 1.54) is 5.48 Å². The normalized spacial score (nSPS) is 17.9. The smallest absolute Gasteiger partial charge is 0.255 e. The molecule has 0 fully saturated rings. The van der Waals surface area contributed by atoms with Crippen molar-refractivity contribution in [1.29, 1.82) is 0 Å². The van der Waals surface area contributed by atoms with Gasteiger partial charge in [-0.05, 0) is 48.2 Å². The molecule has 0 aliphatic carbocycles. The zero-order valence-corrected chi connectivity index (χ0v) is 17.3. The molecule has 2 atom stereocenters. The topological polar surface area (TPSA) is 132 Å². The Balaban J connectivity index is 1.89. The van der Waals surface area contributed by atoms with E-state index >= 15 is 0 Å². The molecule has 0 unspecified atom stereocenters. The van der Waals surface area contributed by atoms with E-state index in [9.17, 15) is 9.59 Å². The summed E-state index contributed by atoms with van der Waals surface area (Å²) in [4.78, 5) is 24.5. The summed E-state index contributed by atoms with van der Waals surface area (Å²) in [5.41, 5.74) is 10.0. The predicted octanol–water partition coefficient (Wildman–Crippen LogP) is 1.77. The van der Waals surface area contributed by atoms with Crippen molar-refractivity contribution in [2.45, 2.75) is 38.0 Å². The second kappa shape index (κ2) is 10.8. The number of fused-ring (bicyclic) bond motifs is 3. The second-order valence-electron chi connectivity index (χ2n) is 7.26.